The fourth-order valence-corrected chi connectivity index (χ4v) is 2.74. The highest BCUT2D eigenvalue weighted by molar-refractivity contribution is 5.54. The minimum atomic E-state index is -0.0718. The molecule has 1 heterocycles. The van der Waals surface area contributed by atoms with Gasteiger partial charge in [0.15, 0.2) is 11.5 Å². The maximum absolute atomic E-state index is 9.92. The van der Waals surface area contributed by atoms with Gasteiger partial charge in [-0.2, -0.15) is 0 Å². The van der Waals surface area contributed by atoms with E-state index in [-0.39, 0.29) is 17.8 Å². The minimum absolute atomic E-state index is 0.0718. The first-order chi connectivity index (χ1) is 10.1. The first kappa shape index (κ1) is 13.6. The van der Waals surface area contributed by atoms with Gasteiger partial charge in [0.2, 0.25) is 0 Å². The second kappa shape index (κ2) is 5.20. The predicted octanol–water partition coefficient (Wildman–Crippen LogP) is 3.65. The number of aromatic hydroxyl groups is 1. The summed E-state index contributed by atoms with van der Waals surface area (Å²) in [6.45, 7) is 2.09. The van der Waals surface area contributed by atoms with Gasteiger partial charge in [-0.15, -0.1) is 0 Å². The van der Waals surface area contributed by atoms with Crippen LogP contribution in [0.2, 0.25) is 0 Å². The smallest absolute Gasteiger partial charge is 0.164 e. The standard InChI is InChI=1S/C17H18O4/c1-10-13-8-14(18)16(20-3)9-15(13)21-17(10)11-4-6-12(19-2)7-5-11/h4-10,17-18H,1-3H3/t10-,17?/m0/s1. The van der Waals surface area contributed by atoms with Crippen LogP contribution in [0.5, 0.6) is 23.0 Å². The molecule has 0 saturated carbocycles. The summed E-state index contributed by atoms with van der Waals surface area (Å²) >= 11 is 0. The molecule has 21 heavy (non-hydrogen) atoms. The van der Waals surface area contributed by atoms with E-state index in [1.165, 1.54) is 7.11 Å². The van der Waals surface area contributed by atoms with E-state index in [1.54, 1.807) is 19.2 Å². The maximum atomic E-state index is 9.92. The van der Waals surface area contributed by atoms with E-state index in [0.29, 0.717) is 5.75 Å². The molecule has 4 heteroatoms. The van der Waals surface area contributed by atoms with Crippen LogP contribution in [0.3, 0.4) is 0 Å². The topological polar surface area (TPSA) is 47.9 Å². The minimum Gasteiger partial charge on any atom is -0.504 e. The number of ether oxygens (including phenoxy) is 3. The molecule has 2 aromatic rings. The molecule has 1 N–H and O–H groups in total. The van der Waals surface area contributed by atoms with Gasteiger partial charge in [-0.25, -0.2) is 0 Å². The van der Waals surface area contributed by atoms with Crippen molar-refractivity contribution < 1.29 is 19.3 Å². The third-order valence-corrected chi connectivity index (χ3v) is 3.95. The van der Waals surface area contributed by atoms with E-state index >= 15 is 0 Å². The Kier molecular flexibility index (Phi) is 3.37. The summed E-state index contributed by atoms with van der Waals surface area (Å²) in [4.78, 5) is 0. The Hall–Kier alpha value is -2.36. The molecule has 0 radical (unpaired) electrons. The number of rotatable bonds is 3. The Morgan fingerprint density at radius 1 is 1.05 bits per heavy atom. The van der Waals surface area contributed by atoms with Crippen LogP contribution in [-0.2, 0) is 0 Å². The molecule has 110 valence electrons. The molecule has 4 nitrogen and oxygen atoms in total. The Balaban J connectivity index is 1.93. The molecule has 0 bridgehead atoms. The number of benzene rings is 2. The van der Waals surface area contributed by atoms with E-state index < -0.39 is 0 Å². The number of methoxy groups -OCH3 is 2. The van der Waals surface area contributed by atoms with Crippen molar-refractivity contribution in [2.75, 3.05) is 14.2 Å². The molecule has 0 spiro atoms. The van der Waals surface area contributed by atoms with Crippen molar-refractivity contribution in [1.82, 2.24) is 0 Å². The van der Waals surface area contributed by atoms with Crippen molar-refractivity contribution in [2.24, 2.45) is 0 Å². The highest BCUT2D eigenvalue weighted by atomic mass is 16.5. The van der Waals surface area contributed by atoms with Crippen LogP contribution in [-0.4, -0.2) is 19.3 Å². The largest absolute Gasteiger partial charge is 0.504 e. The van der Waals surface area contributed by atoms with Crippen LogP contribution in [0.25, 0.3) is 0 Å². The summed E-state index contributed by atoms with van der Waals surface area (Å²) in [5.74, 6) is 2.31. The normalized spacial score (nSPS) is 19.8. The summed E-state index contributed by atoms with van der Waals surface area (Å²) in [6, 6.07) is 11.3. The number of phenols is 1. The molecule has 2 atom stereocenters. The lowest BCUT2D eigenvalue weighted by Gasteiger charge is -2.16. The monoisotopic (exact) mass is 286 g/mol. The van der Waals surface area contributed by atoms with Crippen LogP contribution in [0.15, 0.2) is 36.4 Å². The van der Waals surface area contributed by atoms with Crippen molar-refractivity contribution in [3.05, 3.63) is 47.5 Å². The molecule has 0 fully saturated rings. The second-order valence-electron chi connectivity index (χ2n) is 5.16. The van der Waals surface area contributed by atoms with Crippen molar-refractivity contribution in [3.63, 3.8) is 0 Å². The summed E-state index contributed by atoms with van der Waals surface area (Å²) < 4.78 is 16.4. The fourth-order valence-electron chi connectivity index (χ4n) is 2.74. The Bertz CT molecular complexity index is 649. The van der Waals surface area contributed by atoms with Gasteiger partial charge in [0.1, 0.15) is 17.6 Å². The highest BCUT2D eigenvalue weighted by Crippen LogP contribution is 2.49. The molecular formula is C17H18O4. The average Bonchev–Trinajstić information content (AvgIpc) is 2.83. The van der Waals surface area contributed by atoms with Crippen molar-refractivity contribution >= 4 is 0 Å². The summed E-state index contributed by atoms with van der Waals surface area (Å²) in [5, 5.41) is 9.92. The first-order valence-corrected chi connectivity index (χ1v) is 6.85. The molecule has 1 unspecified atom stereocenters. The summed E-state index contributed by atoms with van der Waals surface area (Å²) in [7, 11) is 3.18. The molecule has 0 amide bonds. The van der Waals surface area contributed by atoms with E-state index in [0.717, 1.165) is 22.6 Å². The van der Waals surface area contributed by atoms with E-state index in [4.69, 9.17) is 14.2 Å². The van der Waals surface area contributed by atoms with Gasteiger partial charge in [-0.3, -0.25) is 0 Å². The first-order valence-electron chi connectivity index (χ1n) is 6.85. The molecule has 0 aromatic heterocycles. The number of fused-ring (bicyclic) bond motifs is 1. The van der Waals surface area contributed by atoms with Gasteiger partial charge in [0, 0.05) is 17.5 Å². The van der Waals surface area contributed by atoms with E-state index in [9.17, 15) is 5.11 Å². The fraction of sp³-hybridized carbons (Fsp3) is 0.294. The summed E-state index contributed by atoms with van der Waals surface area (Å²) in [5.41, 5.74) is 2.08. The van der Waals surface area contributed by atoms with Crippen LogP contribution < -0.4 is 14.2 Å². The molecular weight excluding hydrogens is 268 g/mol. The molecule has 2 aromatic carbocycles. The highest BCUT2D eigenvalue weighted by Gasteiger charge is 2.33. The van der Waals surface area contributed by atoms with Crippen LogP contribution in [0.1, 0.15) is 30.1 Å². The SMILES string of the molecule is COc1ccc(C2Oc3cc(OC)c(O)cc3[C@@H]2C)cc1. The zero-order chi connectivity index (χ0) is 15.0. The predicted molar refractivity (Wildman–Crippen MR) is 79.4 cm³/mol. The molecule has 1 aliphatic heterocycles. The van der Waals surface area contributed by atoms with E-state index in [2.05, 4.69) is 6.92 Å². The summed E-state index contributed by atoms with van der Waals surface area (Å²) in [6.07, 6.45) is -0.0718. The molecule has 0 saturated heterocycles. The Labute approximate surface area is 123 Å². The maximum Gasteiger partial charge on any atom is 0.164 e. The number of hydrogen-bond acceptors (Lipinski definition) is 4. The lowest BCUT2D eigenvalue weighted by molar-refractivity contribution is 0.215. The van der Waals surface area contributed by atoms with Gasteiger partial charge < -0.3 is 19.3 Å². The van der Waals surface area contributed by atoms with Crippen molar-refractivity contribution in [1.29, 1.82) is 0 Å². The van der Waals surface area contributed by atoms with Gasteiger partial charge in [-0.05, 0) is 23.8 Å². The van der Waals surface area contributed by atoms with Gasteiger partial charge in [-0.1, -0.05) is 19.1 Å². The second-order valence-corrected chi connectivity index (χ2v) is 5.16. The lowest BCUT2D eigenvalue weighted by atomic mass is 9.92. The lowest BCUT2D eigenvalue weighted by Crippen LogP contribution is -2.06. The van der Waals surface area contributed by atoms with Gasteiger partial charge >= 0.3 is 0 Å². The van der Waals surface area contributed by atoms with Crippen molar-refractivity contribution in [3.8, 4) is 23.0 Å². The average molecular weight is 286 g/mol. The van der Waals surface area contributed by atoms with E-state index in [1.807, 2.05) is 24.3 Å². The third-order valence-electron chi connectivity index (χ3n) is 3.95. The quantitative estimate of drug-likeness (QED) is 0.935. The Morgan fingerprint density at radius 3 is 2.38 bits per heavy atom. The Morgan fingerprint density at radius 2 is 1.76 bits per heavy atom. The number of phenolic OH excluding ortho intramolecular Hbond substituents is 1. The third kappa shape index (κ3) is 2.27. The number of hydrogen-bond donors (Lipinski definition) is 1. The zero-order valence-corrected chi connectivity index (χ0v) is 12.3. The van der Waals surface area contributed by atoms with Crippen molar-refractivity contribution in [2.45, 2.75) is 18.9 Å². The molecule has 3 rings (SSSR count). The van der Waals surface area contributed by atoms with Gasteiger partial charge in [0.05, 0.1) is 14.2 Å². The zero-order valence-electron chi connectivity index (χ0n) is 12.3. The molecule has 1 aliphatic rings. The molecule has 0 aliphatic carbocycles. The van der Waals surface area contributed by atoms with Gasteiger partial charge in [0.25, 0.3) is 0 Å². The van der Waals surface area contributed by atoms with Crippen LogP contribution >= 0.6 is 0 Å². The van der Waals surface area contributed by atoms with Crippen LogP contribution in [0.4, 0.5) is 0 Å². The van der Waals surface area contributed by atoms with Crippen LogP contribution in [0, 0.1) is 0 Å².